The molecule has 0 aliphatic heterocycles. The minimum Gasteiger partial charge on any atom is -0.497 e. The van der Waals surface area contributed by atoms with Crippen molar-refractivity contribution in [1.82, 2.24) is 4.90 Å². The van der Waals surface area contributed by atoms with Crippen molar-refractivity contribution < 1.29 is 19.2 Å². The monoisotopic (exact) mass is 420 g/mol. The summed E-state index contributed by atoms with van der Waals surface area (Å²) in [4.78, 5) is 25.1. The van der Waals surface area contributed by atoms with E-state index >= 15 is 0 Å². The average Bonchev–Trinajstić information content (AvgIpc) is 2.82. The van der Waals surface area contributed by atoms with E-state index in [1.54, 1.807) is 43.3 Å². The second kappa shape index (κ2) is 9.75. The molecule has 0 fully saturated rings. The molecular weight excluding hydrogens is 396 g/mol. The zero-order valence-electron chi connectivity index (χ0n) is 17.6. The van der Waals surface area contributed by atoms with Crippen LogP contribution in [0.3, 0.4) is 0 Å². The van der Waals surface area contributed by atoms with Gasteiger partial charge in [-0.1, -0.05) is 42.5 Å². The number of rotatable bonds is 8. The van der Waals surface area contributed by atoms with Crippen LogP contribution in [0, 0.1) is 10.1 Å². The van der Waals surface area contributed by atoms with Gasteiger partial charge in [0.25, 0.3) is 11.6 Å². The highest BCUT2D eigenvalue weighted by Crippen LogP contribution is 2.34. The number of nitro benzene ring substituents is 1. The molecule has 0 heterocycles. The topological polar surface area (TPSA) is 81.9 Å². The summed E-state index contributed by atoms with van der Waals surface area (Å²) < 4.78 is 11.0. The number of carbonyl (C=O) groups is 1. The van der Waals surface area contributed by atoms with Gasteiger partial charge in [-0.25, -0.2) is 0 Å². The second-order valence-electron chi connectivity index (χ2n) is 7.05. The second-order valence-corrected chi connectivity index (χ2v) is 7.05. The van der Waals surface area contributed by atoms with Crippen molar-refractivity contribution in [3.8, 4) is 22.6 Å². The molecule has 0 radical (unpaired) electrons. The highest BCUT2D eigenvalue weighted by molar-refractivity contribution is 5.79. The van der Waals surface area contributed by atoms with E-state index in [2.05, 4.69) is 0 Å². The summed E-state index contributed by atoms with van der Waals surface area (Å²) in [5, 5.41) is 11.2. The summed E-state index contributed by atoms with van der Waals surface area (Å²) >= 11 is 0. The smallest absolute Gasteiger partial charge is 0.270 e. The highest BCUT2D eigenvalue weighted by Gasteiger charge is 2.19. The van der Waals surface area contributed by atoms with Crippen LogP contribution in [0.4, 0.5) is 5.69 Å². The Kier molecular flexibility index (Phi) is 6.87. The normalized spacial score (nSPS) is 11.5. The maximum Gasteiger partial charge on any atom is 0.270 e. The predicted octanol–water partition coefficient (Wildman–Crippen LogP) is 4.87. The Hall–Kier alpha value is -3.87. The number of likely N-dealkylation sites (N-methyl/N-ethyl adjacent to an activating group) is 1. The molecule has 3 rings (SSSR count). The largest absolute Gasteiger partial charge is 0.497 e. The molecule has 7 nitrogen and oxygen atoms in total. The molecule has 0 aliphatic rings. The van der Waals surface area contributed by atoms with Gasteiger partial charge in [0.15, 0.2) is 6.61 Å². The molecule has 7 heteroatoms. The van der Waals surface area contributed by atoms with Gasteiger partial charge in [0.05, 0.1) is 18.1 Å². The minimum absolute atomic E-state index is 0.0562. The lowest BCUT2D eigenvalue weighted by molar-refractivity contribution is -0.384. The van der Waals surface area contributed by atoms with E-state index in [0.29, 0.717) is 17.1 Å². The Bertz CT molecular complexity index is 1050. The number of amides is 1. The van der Waals surface area contributed by atoms with Gasteiger partial charge in [-0.15, -0.1) is 0 Å². The Balaban J connectivity index is 1.80. The maximum absolute atomic E-state index is 12.7. The quantitative estimate of drug-likeness (QED) is 0.384. The fraction of sp³-hybridized carbons (Fsp3) is 0.208. The van der Waals surface area contributed by atoms with Crippen LogP contribution in [0.15, 0.2) is 72.8 Å². The summed E-state index contributed by atoms with van der Waals surface area (Å²) in [6, 6.07) is 21.0. The third kappa shape index (κ3) is 5.19. The zero-order valence-corrected chi connectivity index (χ0v) is 17.6. The van der Waals surface area contributed by atoms with E-state index in [1.165, 1.54) is 18.2 Å². The standard InChI is InChI=1S/C24H24N2O5/c1-17(18-7-5-4-6-8-18)25(2)24(27)16-31-23-14-11-20(26(28)29)15-22(23)19-9-12-21(30-3)13-10-19/h4-15,17H,16H2,1-3H3/t17-/m1/s1. The van der Waals surface area contributed by atoms with E-state index in [1.807, 2.05) is 37.3 Å². The molecule has 3 aromatic rings. The molecule has 0 bridgehead atoms. The molecule has 160 valence electrons. The molecule has 0 aliphatic carbocycles. The molecule has 1 atom stereocenters. The lowest BCUT2D eigenvalue weighted by atomic mass is 10.0. The highest BCUT2D eigenvalue weighted by atomic mass is 16.6. The number of nitro groups is 1. The van der Waals surface area contributed by atoms with E-state index < -0.39 is 4.92 Å². The fourth-order valence-electron chi connectivity index (χ4n) is 3.17. The molecule has 1 amide bonds. The van der Waals surface area contributed by atoms with Crippen LogP contribution in [0.1, 0.15) is 18.5 Å². The van der Waals surface area contributed by atoms with Crippen LogP contribution in [0.2, 0.25) is 0 Å². The molecule has 3 aromatic carbocycles. The van der Waals surface area contributed by atoms with Crippen LogP contribution in [-0.2, 0) is 4.79 Å². The van der Waals surface area contributed by atoms with Crippen molar-refractivity contribution in [3.63, 3.8) is 0 Å². The zero-order chi connectivity index (χ0) is 22.4. The van der Waals surface area contributed by atoms with Crippen LogP contribution in [0.25, 0.3) is 11.1 Å². The predicted molar refractivity (Wildman–Crippen MR) is 118 cm³/mol. The first-order chi connectivity index (χ1) is 14.9. The van der Waals surface area contributed by atoms with E-state index in [0.717, 1.165) is 11.1 Å². The number of carbonyl (C=O) groups excluding carboxylic acids is 1. The van der Waals surface area contributed by atoms with Gasteiger partial charge in [-0.3, -0.25) is 14.9 Å². The Labute approximate surface area is 181 Å². The lowest BCUT2D eigenvalue weighted by Crippen LogP contribution is -2.33. The van der Waals surface area contributed by atoms with Gasteiger partial charge >= 0.3 is 0 Å². The van der Waals surface area contributed by atoms with Crippen molar-refractivity contribution in [2.75, 3.05) is 20.8 Å². The van der Waals surface area contributed by atoms with Crippen LogP contribution in [0.5, 0.6) is 11.5 Å². The van der Waals surface area contributed by atoms with Gasteiger partial charge < -0.3 is 14.4 Å². The molecule has 31 heavy (non-hydrogen) atoms. The summed E-state index contributed by atoms with van der Waals surface area (Å²) in [7, 11) is 3.29. The van der Waals surface area contributed by atoms with Gasteiger partial charge in [0, 0.05) is 24.7 Å². The van der Waals surface area contributed by atoms with Crippen LogP contribution >= 0.6 is 0 Å². The number of hydrogen-bond donors (Lipinski definition) is 0. The average molecular weight is 420 g/mol. The minimum atomic E-state index is -0.461. The first-order valence-electron chi connectivity index (χ1n) is 9.77. The van der Waals surface area contributed by atoms with Gasteiger partial charge in [0.2, 0.25) is 0 Å². The number of benzene rings is 3. The van der Waals surface area contributed by atoms with Gasteiger partial charge in [0.1, 0.15) is 11.5 Å². The number of non-ortho nitro benzene ring substituents is 1. The fourth-order valence-corrected chi connectivity index (χ4v) is 3.17. The third-order valence-corrected chi connectivity index (χ3v) is 5.18. The number of nitrogens with zero attached hydrogens (tertiary/aromatic N) is 2. The van der Waals surface area contributed by atoms with Crippen molar-refractivity contribution in [2.24, 2.45) is 0 Å². The summed E-state index contributed by atoms with van der Waals surface area (Å²) in [6.07, 6.45) is 0. The van der Waals surface area contributed by atoms with Crippen molar-refractivity contribution in [1.29, 1.82) is 0 Å². The maximum atomic E-state index is 12.7. The molecule has 0 spiro atoms. The Morgan fingerprint density at radius 1 is 1.06 bits per heavy atom. The first-order valence-corrected chi connectivity index (χ1v) is 9.77. The van der Waals surface area contributed by atoms with E-state index in [-0.39, 0.29) is 24.2 Å². The van der Waals surface area contributed by atoms with Crippen molar-refractivity contribution in [2.45, 2.75) is 13.0 Å². The number of hydrogen-bond acceptors (Lipinski definition) is 5. The van der Waals surface area contributed by atoms with Crippen LogP contribution < -0.4 is 9.47 Å². The Morgan fingerprint density at radius 2 is 1.74 bits per heavy atom. The molecule has 0 N–H and O–H groups in total. The number of ether oxygens (including phenoxy) is 2. The SMILES string of the molecule is COc1ccc(-c2cc([N+](=O)[O-])ccc2OCC(=O)N(C)[C@H](C)c2ccccc2)cc1. The van der Waals surface area contributed by atoms with Gasteiger partial charge in [-0.2, -0.15) is 0 Å². The summed E-state index contributed by atoms with van der Waals surface area (Å²) in [5.74, 6) is 0.864. The molecular formula is C24H24N2O5. The summed E-state index contributed by atoms with van der Waals surface area (Å²) in [6.45, 7) is 1.76. The first kappa shape index (κ1) is 21.8. The summed E-state index contributed by atoms with van der Waals surface area (Å²) in [5.41, 5.74) is 2.22. The molecule has 0 saturated carbocycles. The Morgan fingerprint density at radius 3 is 2.35 bits per heavy atom. The molecule has 0 saturated heterocycles. The van der Waals surface area contributed by atoms with E-state index in [4.69, 9.17) is 9.47 Å². The number of methoxy groups -OCH3 is 1. The van der Waals surface area contributed by atoms with E-state index in [9.17, 15) is 14.9 Å². The molecule has 0 aromatic heterocycles. The van der Waals surface area contributed by atoms with Gasteiger partial charge in [-0.05, 0) is 36.2 Å². The van der Waals surface area contributed by atoms with Crippen molar-refractivity contribution >= 4 is 11.6 Å². The third-order valence-electron chi connectivity index (χ3n) is 5.18. The van der Waals surface area contributed by atoms with Crippen LogP contribution in [-0.4, -0.2) is 36.5 Å². The molecule has 0 unspecified atom stereocenters. The van der Waals surface area contributed by atoms with Crippen molar-refractivity contribution in [3.05, 3.63) is 88.5 Å². The lowest BCUT2D eigenvalue weighted by Gasteiger charge is -2.25.